The molecule has 0 spiro atoms. The molecule has 0 aliphatic carbocycles. The summed E-state index contributed by atoms with van der Waals surface area (Å²) in [5, 5.41) is 8.70. The van der Waals surface area contributed by atoms with Gasteiger partial charge in [0.1, 0.15) is 5.78 Å². The van der Waals surface area contributed by atoms with Crippen molar-refractivity contribution in [1.82, 2.24) is 0 Å². The molecule has 0 amide bonds. The lowest BCUT2D eigenvalue weighted by Crippen LogP contribution is -2.02. The summed E-state index contributed by atoms with van der Waals surface area (Å²) in [6.07, 6.45) is 8.47. The van der Waals surface area contributed by atoms with Crippen molar-refractivity contribution in [2.45, 2.75) is 58.3 Å². The van der Waals surface area contributed by atoms with Gasteiger partial charge in [0.05, 0.1) is 11.6 Å². The number of rotatable bonds is 9. The number of carbonyl (C=O) groups excluding carboxylic acids is 1. The molecule has 102 valence electrons. The zero-order valence-corrected chi connectivity index (χ0v) is 11.8. The van der Waals surface area contributed by atoms with Crippen LogP contribution >= 0.6 is 0 Å². The zero-order valence-electron chi connectivity index (χ0n) is 11.8. The van der Waals surface area contributed by atoms with E-state index in [1.165, 1.54) is 32.1 Å². The first kappa shape index (κ1) is 15.4. The number of benzene rings is 1. The summed E-state index contributed by atoms with van der Waals surface area (Å²) in [4.78, 5) is 11.8. The number of ketones is 1. The third-order valence-electron chi connectivity index (χ3n) is 3.29. The predicted octanol–water partition coefficient (Wildman–Crippen LogP) is 4.42. The molecule has 0 saturated carbocycles. The summed E-state index contributed by atoms with van der Waals surface area (Å²) in [6, 6.07) is 9.37. The largest absolute Gasteiger partial charge is 0.299 e. The minimum atomic E-state index is 0.306. The third kappa shape index (κ3) is 6.76. The van der Waals surface area contributed by atoms with Crippen LogP contribution in [0.4, 0.5) is 0 Å². The van der Waals surface area contributed by atoms with E-state index in [0.717, 1.165) is 12.0 Å². The van der Waals surface area contributed by atoms with E-state index >= 15 is 0 Å². The molecule has 0 aromatic heterocycles. The highest BCUT2D eigenvalue weighted by Crippen LogP contribution is 2.10. The van der Waals surface area contributed by atoms with Crippen LogP contribution in [0.3, 0.4) is 0 Å². The van der Waals surface area contributed by atoms with E-state index in [9.17, 15) is 4.79 Å². The Hall–Kier alpha value is -1.62. The topological polar surface area (TPSA) is 40.9 Å². The van der Waals surface area contributed by atoms with Crippen LogP contribution < -0.4 is 0 Å². The number of hydrogen-bond acceptors (Lipinski definition) is 2. The van der Waals surface area contributed by atoms with Gasteiger partial charge in [-0.2, -0.15) is 5.26 Å². The molecule has 0 fully saturated rings. The fraction of sp³-hybridized carbons (Fsp3) is 0.529. The monoisotopic (exact) mass is 257 g/mol. The second-order valence-electron chi connectivity index (χ2n) is 5.04. The Kier molecular flexibility index (Phi) is 7.58. The van der Waals surface area contributed by atoms with Gasteiger partial charge in [0.2, 0.25) is 0 Å². The second-order valence-corrected chi connectivity index (χ2v) is 5.04. The maximum absolute atomic E-state index is 11.8. The molecule has 0 N–H and O–H groups in total. The SMILES string of the molecule is CCCCCCCCC(=O)Cc1ccc(C#N)cc1. The molecule has 0 aliphatic rings. The molecule has 0 atom stereocenters. The predicted molar refractivity (Wildman–Crippen MR) is 77.9 cm³/mol. The van der Waals surface area contributed by atoms with E-state index in [-0.39, 0.29) is 0 Å². The van der Waals surface area contributed by atoms with Crippen LogP contribution in [0.1, 0.15) is 63.0 Å². The van der Waals surface area contributed by atoms with E-state index < -0.39 is 0 Å². The first-order valence-electron chi connectivity index (χ1n) is 7.27. The molecular weight excluding hydrogens is 234 g/mol. The molecule has 2 nitrogen and oxygen atoms in total. The lowest BCUT2D eigenvalue weighted by atomic mass is 10.0. The van der Waals surface area contributed by atoms with Crippen molar-refractivity contribution in [1.29, 1.82) is 5.26 Å². The molecule has 0 unspecified atom stereocenters. The smallest absolute Gasteiger partial charge is 0.137 e. The van der Waals surface area contributed by atoms with Gasteiger partial charge in [-0.25, -0.2) is 0 Å². The van der Waals surface area contributed by atoms with Gasteiger partial charge in [-0.3, -0.25) is 4.79 Å². The molecule has 1 rings (SSSR count). The Balaban J connectivity index is 2.18. The first-order chi connectivity index (χ1) is 9.26. The van der Waals surface area contributed by atoms with Crippen molar-refractivity contribution in [2.24, 2.45) is 0 Å². The number of nitrogens with zero attached hydrogens (tertiary/aromatic N) is 1. The fourth-order valence-electron chi connectivity index (χ4n) is 2.12. The summed E-state index contributed by atoms with van der Waals surface area (Å²) < 4.78 is 0. The van der Waals surface area contributed by atoms with Crippen molar-refractivity contribution >= 4 is 5.78 Å². The molecule has 2 heteroatoms. The Morgan fingerprint density at radius 2 is 1.68 bits per heavy atom. The first-order valence-corrected chi connectivity index (χ1v) is 7.27. The third-order valence-corrected chi connectivity index (χ3v) is 3.29. The van der Waals surface area contributed by atoms with Gasteiger partial charge in [0, 0.05) is 12.8 Å². The Bertz CT molecular complexity index is 414. The molecule has 0 saturated heterocycles. The molecule has 0 aliphatic heterocycles. The molecule has 0 bridgehead atoms. The maximum atomic E-state index is 11.8. The van der Waals surface area contributed by atoms with Gasteiger partial charge < -0.3 is 0 Å². The molecular formula is C17H23NO. The van der Waals surface area contributed by atoms with Crippen LogP contribution in [-0.2, 0) is 11.2 Å². The second kappa shape index (κ2) is 9.33. The van der Waals surface area contributed by atoms with Gasteiger partial charge in [-0.15, -0.1) is 0 Å². The van der Waals surface area contributed by atoms with Gasteiger partial charge in [0.25, 0.3) is 0 Å². The summed E-state index contributed by atoms with van der Waals surface area (Å²) >= 11 is 0. The highest BCUT2D eigenvalue weighted by atomic mass is 16.1. The molecule has 1 aromatic rings. The minimum absolute atomic E-state index is 0.306. The van der Waals surface area contributed by atoms with Gasteiger partial charge >= 0.3 is 0 Å². The lowest BCUT2D eigenvalue weighted by molar-refractivity contribution is -0.118. The van der Waals surface area contributed by atoms with E-state index in [1.807, 2.05) is 12.1 Å². The summed E-state index contributed by atoms with van der Waals surface area (Å²) in [5.41, 5.74) is 1.65. The van der Waals surface area contributed by atoms with Crippen LogP contribution in [-0.4, -0.2) is 5.78 Å². The Labute approximate surface area is 116 Å². The van der Waals surface area contributed by atoms with E-state index in [1.54, 1.807) is 12.1 Å². The van der Waals surface area contributed by atoms with Crippen LogP contribution in [0, 0.1) is 11.3 Å². The van der Waals surface area contributed by atoms with Crippen molar-refractivity contribution in [2.75, 3.05) is 0 Å². The maximum Gasteiger partial charge on any atom is 0.137 e. The minimum Gasteiger partial charge on any atom is -0.299 e. The van der Waals surface area contributed by atoms with Crippen LogP contribution in [0.2, 0.25) is 0 Å². The zero-order chi connectivity index (χ0) is 13.9. The Morgan fingerprint density at radius 3 is 2.32 bits per heavy atom. The van der Waals surface area contributed by atoms with E-state index in [4.69, 9.17) is 5.26 Å². The summed E-state index contributed by atoms with van der Waals surface area (Å²) in [7, 11) is 0. The van der Waals surface area contributed by atoms with E-state index in [2.05, 4.69) is 13.0 Å². The van der Waals surface area contributed by atoms with Crippen LogP contribution in [0.5, 0.6) is 0 Å². The fourth-order valence-corrected chi connectivity index (χ4v) is 2.12. The average Bonchev–Trinajstić information content (AvgIpc) is 2.43. The highest BCUT2D eigenvalue weighted by Gasteiger charge is 2.03. The molecule has 0 radical (unpaired) electrons. The van der Waals surface area contributed by atoms with Gasteiger partial charge in [-0.1, -0.05) is 51.2 Å². The van der Waals surface area contributed by atoms with Gasteiger partial charge in [-0.05, 0) is 24.1 Å². The lowest BCUT2D eigenvalue weighted by Gasteiger charge is -2.02. The number of unbranched alkanes of at least 4 members (excludes halogenated alkanes) is 5. The number of Topliss-reactive ketones (excluding diaryl/α,β-unsaturated/α-hetero) is 1. The number of nitriles is 1. The van der Waals surface area contributed by atoms with Crippen LogP contribution in [0.25, 0.3) is 0 Å². The standard InChI is InChI=1S/C17H23NO/c1-2-3-4-5-6-7-8-17(19)13-15-9-11-16(14-18)12-10-15/h9-12H,2-8,13H2,1H3. The average molecular weight is 257 g/mol. The number of carbonyl (C=O) groups is 1. The highest BCUT2D eigenvalue weighted by molar-refractivity contribution is 5.80. The van der Waals surface area contributed by atoms with Crippen molar-refractivity contribution in [3.63, 3.8) is 0 Å². The number of hydrogen-bond donors (Lipinski definition) is 0. The van der Waals surface area contributed by atoms with Crippen molar-refractivity contribution in [3.8, 4) is 6.07 Å². The van der Waals surface area contributed by atoms with Crippen molar-refractivity contribution < 1.29 is 4.79 Å². The summed E-state index contributed by atoms with van der Waals surface area (Å²) in [6.45, 7) is 2.21. The quantitative estimate of drug-likeness (QED) is 0.614. The molecule has 19 heavy (non-hydrogen) atoms. The Morgan fingerprint density at radius 1 is 1.05 bits per heavy atom. The molecule has 1 aromatic carbocycles. The normalized spacial score (nSPS) is 10.1. The van der Waals surface area contributed by atoms with E-state index in [0.29, 0.717) is 24.2 Å². The summed E-state index contributed by atoms with van der Waals surface area (Å²) in [5.74, 6) is 0.306. The van der Waals surface area contributed by atoms with Gasteiger partial charge in [0.15, 0.2) is 0 Å². The molecule has 0 heterocycles. The van der Waals surface area contributed by atoms with Crippen molar-refractivity contribution in [3.05, 3.63) is 35.4 Å². The van der Waals surface area contributed by atoms with Crippen LogP contribution in [0.15, 0.2) is 24.3 Å².